The monoisotopic (exact) mass is 308 g/mol. The van der Waals surface area contributed by atoms with Gasteiger partial charge in [0.25, 0.3) is 0 Å². The second-order valence-corrected chi connectivity index (χ2v) is 6.02. The Hall–Kier alpha value is -1.98. The molecule has 22 heavy (non-hydrogen) atoms. The van der Waals surface area contributed by atoms with E-state index in [-0.39, 0.29) is 5.39 Å². The first-order chi connectivity index (χ1) is 10.4. The molecule has 3 nitrogen and oxygen atoms in total. The molecule has 0 spiro atoms. The lowest BCUT2D eigenvalue weighted by Gasteiger charge is -2.37. The molecule has 0 amide bonds. The molecular weight excluding hydrogens is 293 g/mol. The third-order valence-corrected chi connectivity index (χ3v) is 4.64. The smallest absolute Gasteiger partial charge is 0.371 e. The number of H-pyrrole nitrogens is 1. The highest BCUT2D eigenvalue weighted by molar-refractivity contribution is 5.92. The van der Waals surface area contributed by atoms with Crippen LogP contribution in [0.15, 0.2) is 16.9 Å². The van der Waals surface area contributed by atoms with E-state index in [9.17, 15) is 18.0 Å². The fraction of sp³-hybridized carbons (Fsp3) is 0.438. The lowest BCUT2D eigenvalue weighted by molar-refractivity contribution is -0.136. The normalized spacial score (nSPS) is 17.7. The molecule has 1 aromatic carbocycles. The highest BCUT2D eigenvalue weighted by Crippen LogP contribution is 2.42. The van der Waals surface area contributed by atoms with E-state index >= 15 is 0 Å². The summed E-state index contributed by atoms with van der Waals surface area (Å²) in [6.07, 6.45) is -1.14. The molecule has 0 fully saturated rings. The van der Waals surface area contributed by atoms with Crippen LogP contribution in [0.25, 0.3) is 10.9 Å². The van der Waals surface area contributed by atoms with Crippen LogP contribution in [0.4, 0.5) is 18.9 Å². The van der Waals surface area contributed by atoms with Crippen molar-refractivity contribution in [3.05, 3.63) is 39.2 Å². The van der Waals surface area contributed by atoms with Crippen LogP contribution in [0.3, 0.4) is 0 Å². The van der Waals surface area contributed by atoms with Crippen molar-refractivity contribution in [2.24, 2.45) is 0 Å². The minimum atomic E-state index is -4.52. The van der Waals surface area contributed by atoms with Crippen LogP contribution in [0.5, 0.6) is 0 Å². The van der Waals surface area contributed by atoms with Crippen LogP contribution in [0.1, 0.15) is 29.5 Å². The Morgan fingerprint density at radius 3 is 2.55 bits per heavy atom. The summed E-state index contributed by atoms with van der Waals surface area (Å²) in [6.45, 7) is 1.88. The summed E-state index contributed by atoms with van der Waals surface area (Å²) >= 11 is 0. The molecule has 6 heteroatoms. The summed E-state index contributed by atoms with van der Waals surface area (Å²) in [6, 6.07) is 2.30. The van der Waals surface area contributed by atoms with Gasteiger partial charge in [-0.1, -0.05) is 0 Å². The van der Waals surface area contributed by atoms with Gasteiger partial charge in [-0.2, -0.15) is 13.2 Å². The summed E-state index contributed by atoms with van der Waals surface area (Å²) in [4.78, 5) is 16.6. The maximum Gasteiger partial charge on any atom is 0.417 e. The van der Waals surface area contributed by atoms with Gasteiger partial charge in [0.1, 0.15) is 0 Å². The Bertz CT molecular complexity index is 821. The van der Waals surface area contributed by atoms with Gasteiger partial charge in [-0.25, -0.2) is 0 Å². The Morgan fingerprint density at radius 2 is 1.82 bits per heavy atom. The van der Waals surface area contributed by atoms with Crippen LogP contribution in [0, 0.1) is 0 Å². The number of halogens is 3. The lowest BCUT2D eigenvalue weighted by atomic mass is 9.88. The van der Waals surface area contributed by atoms with Crippen molar-refractivity contribution < 1.29 is 13.2 Å². The van der Waals surface area contributed by atoms with E-state index in [0.717, 1.165) is 49.2 Å². The van der Waals surface area contributed by atoms with E-state index in [2.05, 4.69) is 9.88 Å². The number of rotatable bonds is 0. The molecule has 0 saturated carbocycles. The van der Waals surface area contributed by atoms with Crippen molar-refractivity contribution in [3.8, 4) is 0 Å². The Labute approximate surface area is 124 Å². The summed E-state index contributed by atoms with van der Waals surface area (Å²) < 4.78 is 39.9. The number of nitrogens with zero attached hydrogens (tertiary/aromatic N) is 1. The molecule has 1 aromatic heterocycles. The predicted molar refractivity (Wildman–Crippen MR) is 78.4 cm³/mol. The average molecular weight is 308 g/mol. The van der Waals surface area contributed by atoms with Gasteiger partial charge >= 0.3 is 6.18 Å². The zero-order valence-corrected chi connectivity index (χ0v) is 11.9. The number of aryl methyl sites for hydroxylation is 2. The summed E-state index contributed by atoms with van der Waals surface area (Å²) in [5, 5.41) is 0.129. The standard InChI is InChI=1S/C16H15F3N2O/c17-16(18,19)12-8-13(22)20-14-10-4-2-6-21-5-1-3-9(15(10)21)7-11(12)14/h7-8H,1-6H2,(H,20,22). The van der Waals surface area contributed by atoms with Crippen molar-refractivity contribution in [3.63, 3.8) is 0 Å². The number of hydrogen-bond donors (Lipinski definition) is 1. The quantitative estimate of drug-likeness (QED) is 0.811. The van der Waals surface area contributed by atoms with Crippen molar-refractivity contribution in [2.75, 3.05) is 18.0 Å². The molecule has 3 heterocycles. The highest BCUT2D eigenvalue weighted by atomic mass is 19.4. The SMILES string of the molecule is O=c1cc(C(F)(F)F)c2cc3c4c(c2[nH]1)CCCN4CCC3. The number of benzene rings is 1. The number of pyridine rings is 1. The number of anilines is 1. The summed E-state index contributed by atoms with van der Waals surface area (Å²) in [5.74, 6) is 0. The fourth-order valence-electron chi connectivity index (χ4n) is 3.82. The minimum Gasteiger partial charge on any atom is -0.371 e. The number of alkyl halides is 3. The molecular formula is C16H15F3N2O. The molecule has 4 rings (SSSR count). The maximum absolute atomic E-state index is 13.3. The largest absolute Gasteiger partial charge is 0.417 e. The maximum atomic E-state index is 13.3. The third-order valence-electron chi connectivity index (χ3n) is 4.64. The van der Waals surface area contributed by atoms with Gasteiger partial charge in [-0.15, -0.1) is 0 Å². The highest BCUT2D eigenvalue weighted by Gasteiger charge is 2.35. The topological polar surface area (TPSA) is 36.1 Å². The molecule has 2 aliphatic rings. The number of nitrogens with one attached hydrogen (secondary N) is 1. The van der Waals surface area contributed by atoms with E-state index in [1.807, 2.05) is 0 Å². The fourth-order valence-corrected chi connectivity index (χ4v) is 3.82. The molecule has 1 N–H and O–H groups in total. The Kier molecular flexibility index (Phi) is 2.80. The first-order valence-electron chi connectivity index (χ1n) is 7.49. The van der Waals surface area contributed by atoms with Crippen LogP contribution >= 0.6 is 0 Å². The molecule has 116 valence electrons. The number of aromatic nitrogens is 1. The van der Waals surface area contributed by atoms with Crippen molar-refractivity contribution in [1.29, 1.82) is 0 Å². The number of hydrogen-bond acceptors (Lipinski definition) is 2. The molecule has 0 aliphatic carbocycles. The molecule has 0 bridgehead atoms. The summed E-state index contributed by atoms with van der Waals surface area (Å²) in [7, 11) is 0. The van der Waals surface area contributed by atoms with Gasteiger partial charge in [-0.3, -0.25) is 4.79 Å². The average Bonchev–Trinajstić information content (AvgIpc) is 2.47. The first-order valence-corrected chi connectivity index (χ1v) is 7.49. The Morgan fingerprint density at radius 1 is 1.09 bits per heavy atom. The molecule has 0 radical (unpaired) electrons. The number of fused-ring (bicyclic) bond motifs is 2. The van der Waals surface area contributed by atoms with E-state index in [1.165, 1.54) is 0 Å². The van der Waals surface area contributed by atoms with Gasteiger partial charge in [0.2, 0.25) is 5.56 Å². The Balaban J connectivity index is 2.13. The molecule has 2 aliphatic heterocycles. The second kappa shape index (κ2) is 4.51. The summed E-state index contributed by atoms with van der Waals surface area (Å²) in [5.41, 5.74) is 1.76. The lowest BCUT2D eigenvalue weighted by Crippen LogP contribution is -2.35. The van der Waals surface area contributed by atoms with Gasteiger partial charge in [-0.05, 0) is 42.9 Å². The van der Waals surface area contributed by atoms with Crippen LogP contribution in [-0.4, -0.2) is 18.1 Å². The molecule has 0 atom stereocenters. The van der Waals surface area contributed by atoms with Crippen LogP contribution in [0.2, 0.25) is 0 Å². The van der Waals surface area contributed by atoms with Crippen LogP contribution < -0.4 is 10.5 Å². The van der Waals surface area contributed by atoms with E-state index < -0.39 is 17.3 Å². The van der Waals surface area contributed by atoms with Crippen molar-refractivity contribution in [1.82, 2.24) is 4.98 Å². The van der Waals surface area contributed by atoms with Crippen molar-refractivity contribution in [2.45, 2.75) is 31.9 Å². The zero-order valence-electron chi connectivity index (χ0n) is 11.9. The second-order valence-electron chi connectivity index (χ2n) is 6.02. The molecule has 0 unspecified atom stereocenters. The predicted octanol–water partition coefficient (Wildman–Crippen LogP) is 3.25. The molecule has 0 saturated heterocycles. The number of aromatic amines is 1. The van der Waals surface area contributed by atoms with Gasteiger partial charge in [0, 0.05) is 30.2 Å². The van der Waals surface area contributed by atoms with E-state index in [4.69, 9.17) is 0 Å². The minimum absolute atomic E-state index is 0.129. The van der Waals surface area contributed by atoms with Gasteiger partial charge in [0.05, 0.1) is 11.1 Å². The van der Waals surface area contributed by atoms with E-state index in [0.29, 0.717) is 18.0 Å². The molecule has 2 aromatic rings. The van der Waals surface area contributed by atoms with Gasteiger partial charge in [0.15, 0.2) is 0 Å². The van der Waals surface area contributed by atoms with Gasteiger partial charge < -0.3 is 9.88 Å². The van der Waals surface area contributed by atoms with Crippen LogP contribution in [-0.2, 0) is 19.0 Å². The third kappa shape index (κ3) is 1.93. The van der Waals surface area contributed by atoms with Crippen molar-refractivity contribution >= 4 is 16.6 Å². The zero-order chi connectivity index (χ0) is 15.5. The first kappa shape index (κ1) is 13.7. The van der Waals surface area contributed by atoms with E-state index in [1.54, 1.807) is 6.07 Å².